The Hall–Kier alpha value is -1.62. The van der Waals surface area contributed by atoms with Crippen LogP contribution in [0.2, 0.25) is 0 Å². The lowest BCUT2D eigenvalue weighted by molar-refractivity contribution is 0.290. The minimum atomic E-state index is 0.461. The first kappa shape index (κ1) is 14.8. The van der Waals surface area contributed by atoms with Crippen molar-refractivity contribution in [3.05, 3.63) is 45.7 Å². The van der Waals surface area contributed by atoms with Crippen molar-refractivity contribution in [3.63, 3.8) is 0 Å². The van der Waals surface area contributed by atoms with Gasteiger partial charge in [0.15, 0.2) is 0 Å². The molecule has 20 heavy (non-hydrogen) atoms. The number of ether oxygens (including phenoxy) is 1. The van der Waals surface area contributed by atoms with Crippen molar-refractivity contribution in [1.82, 2.24) is 9.97 Å². The molecule has 0 fully saturated rings. The Morgan fingerprint density at radius 2 is 2.10 bits per heavy atom. The van der Waals surface area contributed by atoms with Crippen LogP contribution in [0.4, 0.5) is 5.82 Å². The molecule has 0 bridgehead atoms. The Bertz CT molecular complexity index is 602. The molecule has 0 aliphatic rings. The second kappa shape index (κ2) is 6.70. The number of aryl methyl sites for hydroxylation is 1. The van der Waals surface area contributed by atoms with Gasteiger partial charge in [-0.3, -0.25) is 0 Å². The zero-order chi connectivity index (χ0) is 14.5. The zero-order valence-electron chi connectivity index (χ0n) is 11.7. The highest BCUT2D eigenvalue weighted by molar-refractivity contribution is 9.10. The van der Waals surface area contributed by atoms with Crippen molar-refractivity contribution < 1.29 is 4.74 Å². The molecule has 2 aromatic rings. The van der Waals surface area contributed by atoms with E-state index in [9.17, 15) is 0 Å². The quantitative estimate of drug-likeness (QED) is 0.905. The summed E-state index contributed by atoms with van der Waals surface area (Å²) in [5.74, 6) is 1.80. The number of hydrogen-bond acceptors (Lipinski definition) is 4. The Labute approximate surface area is 127 Å². The van der Waals surface area contributed by atoms with Gasteiger partial charge in [-0.05, 0) is 31.0 Å². The number of hydrogen-bond donors (Lipinski definition) is 1. The molecule has 0 radical (unpaired) electrons. The fraction of sp³-hybridized carbons (Fsp3) is 0.333. The summed E-state index contributed by atoms with van der Waals surface area (Å²) in [6.45, 7) is 4.42. The fourth-order valence-corrected chi connectivity index (χ4v) is 2.26. The number of rotatable bonds is 5. The van der Waals surface area contributed by atoms with E-state index >= 15 is 0 Å². The standard InChI is InChI=1S/C15H18BrN3O/c1-3-5-13-18-14(17)10(2)15(19-13)20-9-11-6-4-7-12(16)8-11/h4,6-8H,3,5,9H2,1-2H3,(H2,17,18,19). The van der Waals surface area contributed by atoms with Crippen LogP contribution in [0.5, 0.6) is 5.88 Å². The molecular formula is C15H18BrN3O. The van der Waals surface area contributed by atoms with E-state index in [2.05, 4.69) is 32.8 Å². The highest BCUT2D eigenvalue weighted by atomic mass is 79.9. The van der Waals surface area contributed by atoms with E-state index in [1.807, 2.05) is 31.2 Å². The van der Waals surface area contributed by atoms with Crippen LogP contribution in [0.3, 0.4) is 0 Å². The van der Waals surface area contributed by atoms with Crippen LogP contribution in [0.25, 0.3) is 0 Å². The number of nitrogens with two attached hydrogens (primary N) is 1. The molecule has 106 valence electrons. The molecule has 0 amide bonds. The Kier molecular flexibility index (Phi) is 4.95. The Morgan fingerprint density at radius 1 is 1.30 bits per heavy atom. The van der Waals surface area contributed by atoms with E-state index in [-0.39, 0.29) is 0 Å². The number of benzene rings is 1. The predicted molar refractivity (Wildman–Crippen MR) is 83.7 cm³/mol. The Balaban J connectivity index is 2.16. The van der Waals surface area contributed by atoms with Gasteiger partial charge in [0.2, 0.25) is 5.88 Å². The summed E-state index contributed by atoms with van der Waals surface area (Å²) >= 11 is 3.45. The third kappa shape index (κ3) is 3.70. The molecule has 0 saturated carbocycles. The molecule has 1 heterocycles. The van der Waals surface area contributed by atoms with Gasteiger partial charge < -0.3 is 10.5 Å². The molecule has 2 rings (SSSR count). The molecule has 2 N–H and O–H groups in total. The van der Waals surface area contributed by atoms with Crippen molar-refractivity contribution in [2.24, 2.45) is 0 Å². The first-order valence-electron chi connectivity index (χ1n) is 6.60. The van der Waals surface area contributed by atoms with Gasteiger partial charge in [0.1, 0.15) is 18.2 Å². The first-order valence-corrected chi connectivity index (χ1v) is 7.39. The number of nitrogen functional groups attached to an aromatic ring is 1. The van der Waals surface area contributed by atoms with Crippen LogP contribution >= 0.6 is 15.9 Å². The van der Waals surface area contributed by atoms with Gasteiger partial charge in [-0.1, -0.05) is 35.0 Å². The van der Waals surface area contributed by atoms with Crippen LogP contribution in [-0.2, 0) is 13.0 Å². The predicted octanol–water partition coefficient (Wildman–Crippen LogP) is 3.66. The molecule has 0 unspecified atom stereocenters. The summed E-state index contributed by atoms with van der Waals surface area (Å²) in [7, 11) is 0. The zero-order valence-corrected chi connectivity index (χ0v) is 13.3. The summed E-state index contributed by atoms with van der Waals surface area (Å²) < 4.78 is 6.83. The monoisotopic (exact) mass is 335 g/mol. The Morgan fingerprint density at radius 3 is 2.80 bits per heavy atom. The van der Waals surface area contributed by atoms with Gasteiger partial charge in [-0.15, -0.1) is 0 Å². The molecule has 0 atom stereocenters. The minimum absolute atomic E-state index is 0.461. The van der Waals surface area contributed by atoms with E-state index in [0.717, 1.165) is 34.3 Å². The second-order valence-electron chi connectivity index (χ2n) is 4.62. The lowest BCUT2D eigenvalue weighted by Gasteiger charge is -2.11. The third-order valence-corrected chi connectivity index (χ3v) is 3.42. The lowest BCUT2D eigenvalue weighted by atomic mass is 10.2. The van der Waals surface area contributed by atoms with Gasteiger partial charge in [0.25, 0.3) is 0 Å². The van der Waals surface area contributed by atoms with Crippen LogP contribution in [-0.4, -0.2) is 9.97 Å². The third-order valence-electron chi connectivity index (χ3n) is 2.92. The van der Waals surface area contributed by atoms with E-state index in [1.54, 1.807) is 0 Å². The van der Waals surface area contributed by atoms with Gasteiger partial charge in [0.05, 0.1) is 5.56 Å². The largest absolute Gasteiger partial charge is 0.472 e. The topological polar surface area (TPSA) is 61.0 Å². The summed E-state index contributed by atoms with van der Waals surface area (Å²) in [6, 6.07) is 7.99. The number of nitrogens with zero attached hydrogens (tertiary/aromatic N) is 2. The highest BCUT2D eigenvalue weighted by Crippen LogP contribution is 2.21. The highest BCUT2D eigenvalue weighted by Gasteiger charge is 2.10. The van der Waals surface area contributed by atoms with E-state index in [0.29, 0.717) is 18.3 Å². The lowest BCUT2D eigenvalue weighted by Crippen LogP contribution is -2.07. The molecule has 0 saturated heterocycles. The summed E-state index contributed by atoms with van der Waals surface area (Å²) in [4.78, 5) is 8.71. The van der Waals surface area contributed by atoms with Crippen LogP contribution in [0.1, 0.15) is 30.3 Å². The molecular weight excluding hydrogens is 318 g/mol. The van der Waals surface area contributed by atoms with Crippen molar-refractivity contribution in [2.45, 2.75) is 33.3 Å². The van der Waals surface area contributed by atoms with Crippen molar-refractivity contribution >= 4 is 21.7 Å². The van der Waals surface area contributed by atoms with Gasteiger partial charge in [-0.25, -0.2) is 4.98 Å². The summed E-state index contributed by atoms with van der Waals surface area (Å²) in [5.41, 5.74) is 7.77. The average molecular weight is 336 g/mol. The van der Waals surface area contributed by atoms with Gasteiger partial charge in [0, 0.05) is 10.9 Å². The molecule has 0 aliphatic heterocycles. The normalized spacial score (nSPS) is 10.6. The average Bonchev–Trinajstić information content (AvgIpc) is 2.41. The maximum Gasteiger partial charge on any atom is 0.222 e. The van der Waals surface area contributed by atoms with E-state index in [4.69, 9.17) is 10.5 Å². The molecule has 0 aliphatic carbocycles. The maximum absolute atomic E-state index is 5.91. The number of anilines is 1. The summed E-state index contributed by atoms with van der Waals surface area (Å²) in [5, 5.41) is 0. The minimum Gasteiger partial charge on any atom is -0.472 e. The second-order valence-corrected chi connectivity index (χ2v) is 5.54. The maximum atomic E-state index is 5.91. The smallest absolute Gasteiger partial charge is 0.222 e. The molecule has 1 aromatic carbocycles. The van der Waals surface area contributed by atoms with Crippen LogP contribution in [0.15, 0.2) is 28.7 Å². The van der Waals surface area contributed by atoms with Crippen molar-refractivity contribution in [3.8, 4) is 5.88 Å². The van der Waals surface area contributed by atoms with E-state index < -0.39 is 0 Å². The van der Waals surface area contributed by atoms with E-state index in [1.165, 1.54) is 0 Å². The fourth-order valence-electron chi connectivity index (χ4n) is 1.81. The summed E-state index contributed by atoms with van der Waals surface area (Å²) in [6.07, 6.45) is 1.78. The first-order chi connectivity index (χ1) is 9.60. The van der Waals surface area contributed by atoms with Crippen molar-refractivity contribution in [2.75, 3.05) is 5.73 Å². The van der Waals surface area contributed by atoms with Crippen molar-refractivity contribution in [1.29, 1.82) is 0 Å². The number of halogens is 1. The van der Waals surface area contributed by atoms with Crippen LogP contribution < -0.4 is 10.5 Å². The molecule has 1 aromatic heterocycles. The van der Waals surface area contributed by atoms with Crippen LogP contribution in [0, 0.1) is 6.92 Å². The van der Waals surface area contributed by atoms with Gasteiger partial charge in [-0.2, -0.15) is 4.98 Å². The molecule has 4 nitrogen and oxygen atoms in total. The SMILES string of the molecule is CCCc1nc(N)c(C)c(OCc2cccc(Br)c2)n1. The molecule has 0 spiro atoms. The molecule has 5 heteroatoms. The van der Waals surface area contributed by atoms with Gasteiger partial charge >= 0.3 is 0 Å². The number of aromatic nitrogens is 2.